The fourth-order valence-corrected chi connectivity index (χ4v) is 7.14. The number of aromatic nitrogens is 1. The van der Waals surface area contributed by atoms with Crippen LogP contribution >= 0.6 is 11.8 Å². The molecule has 2 heterocycles. The van der Waals surface area contributed by atoms with Crippen LogP contribution < -0.4 is 10.6 Å². The van der Waals surface area contributed by atoms with Gasteiger partial charge in [0.25, 0.3) is 5.22 Å². The molecule has 1 saturated heterocycles. The molecule has 3 unspecified atom stereocenters. The number of thioether (sulfide) groups is 1. The Morgan fingerprint density at radius 3 is 2.15 bits per heavy atom. The van der Waals surface area contributed by atoms with Crippen LogP contribution in [0.2, 0.25) is 0 Å². The van der Waals surface area contributed by atoms with Crippen LogP contribution in [0.3, 0.4) is 0 Å². The number of carbonyl (C=O) groups is 1. The van der Waals surface area contributed by atoms with Gasteiger partial charge in [-0.1, -0.05) is 145 Å². The minimum Gasteiger partial charge on any atom is -0.431 e. The van der Waals surface area contributed by atoms with Gasteiger partial charge in [0.2, 0.25) is 0 Å². The Labute approximate surface area is 308 Å². The Morgan fingerprint density at radius 2 is 1.44 bits per heavy atom. The summed E-state index contributed by atoms with van der Waals surface area (Å²) < 4.78 is 19.7. The highest BCUT2D eigenvalue weighted by molar-refractivity contribution is 7.99. The van der Waals surface area contributed by atoms with E-state index in [9.17, 15) is 9.90 Å². The first kappa shape index (κ1) is 35.2. The molecule has 0 bridgehead atoms. The second-order valence-corrected chi connectivity index (χ2v) is 13.5. The maximum absolute atomic E-state index is 12.1. The van der Waals surface area contributed by atoms with Crippen molar-refractivity contribution in [1.82, 2.24) is 15.6 Å². The van der Waals surface area contributed by atoms with E-state index in [1.165, 1.54) is 11.8 Å². The van der Waals surface area contributed by atoms with Crippen molar-refractivity contribution in [1.29, 1.82) is 0 Å². The van der Waals surface area contributed by atoms with E-state index in [0.29, 0.717) is 30.5 Å². The monoisotopic (exact) mass is 711 g/mol. The molecular weight excluding hydrogens is 671 g/mol. The highest BCUT2D eigenvalue weighted by Crippen LogP contribution is 2.41. The number of aliphatic hydroxyl groups excluding tert-OH is 1. The van der Waals surface area contributed by atoms with Crippen molar-refractivity contribution in [2.45, 2.75) is 50.2 Å². The number of rotatable bonds is 12. The van der Waals surface area contributed by atoms with Gasteiger partial charge in [-0.05, 0) is 34.7 Å². The van der Waals surface area contributed by atoms with E-state index in [1.807, 2.05) is 122 Å². The molecule has 1 fully saturated rings. The van der Waals surface area contributed by atoms with Crippen molar-refractivity contribution in [2.75, 3.05) is 12.3 Å². The van der Waals surface area contributed by atoms with Crippen molar-refractivity contribution in [3.63, 3.8) is 0 Å². The second-order valence-electron chi connectivity index (χ2n) is 12.5. The lowest BCUT2D eigenvalue weighted by molar-refractivity contribution is -0.245. The topological polar surface area (TPSA) is 106 Å². The van der Waals surface area contributed by atoms with Crippen LogP contribution in [0.25, 0.3) is 33.7 Å². The number of oxazole rings is 1. The summed E-state index contributed by atoms with van der Waals surface area (Å²) in [4.78, 5) is 17.0. The highest BCUT2D eigenvalue weighted by atomic mass is 32.2. The van der Waals surface area contributed by atoms with Gasteiger partial charge >= 0.3 is 6.03 Å². The van der Waals surface area contributed by atoms with E-state index in [4.69, 9.17) is 18.9 Å². The molecule has 0 saturated carbocycles. The molecule has 1 aliphatic heterocycles. The molecule has 7 rings (SSSR count). The molecule has 3 atom stereocenters. The normalized spacial score (nSPS) is 17.1. The third-order valence-corrected chi connectivity index (χ3v) is 9.95. The van der Waals surface area contributed by atoms with Crippen molar-refractivity contribution < 1.29 is 23.8 Å². The van der Waals surface area contributed by atoms with E-state index in [-0.39, 0.29) is 24.8 Å². The molecule has 1 aromatic heterocycles. The van der Waals surface area contributed by atoms with E-state index < -0.39 is 6.29 Å². The standard InChI is InChI=1S/C43H41N3O5S/c1-2-44-42(48)45-26-35-15-9-10-16-37(35)30-21-23-34(24-22-30)41-49-36(25-38(50-41)31-19-17-29(27-47)18-20-31)28-52-43-46-39(32-11-5-3-6-12-32)40(51-43)33-13-7-4-8-14-33/h3-24,36,38,41,47H,2,25-28H2,1H3,(H2,44,45,48). The molecule has 1 aliphatic rings. The smallest absolute Gasteiger partial charge is 0.315 e. The van der Waals surface area contributed by atoms with Gasteiger partial charge in [0.05, 0.1) is 18.8 Å². The van der Waals surface area contributed by atoms with Crippen LogP contribution in [0.5, 0.6) is 0 Å². The number of nitrogens with one attached hydrogen (secondary N) is 2. The Morgan fingerprint density at radius 1 is 0.769 bits per heavy atom. The number of hydrogen-bond acceptors (Lipinski definition) is 7. The first-order valence-electron chi connectivity index (χ1n) is 17.5. The van der Waals surface area contributed by atoms with E-state index >= 15 is 0 Å². The van der Waals surface area contributed by atoms with Gasteiger partial charge in [0, 0.05) is 42.0 Å². The maximum atomic E-state index is 12.1. The zero-order valence-electron chi connectivity index (χ0n) is 28.9. The summed E-state index contributed by atoms with van der Waals surface area (Å²) in [5.41, 5.74) is 8.65. The molecule has 0 spiro atoms. The van der Waals surface area contributed by atoms with Crippen LogP contribution in [0, 0.1) is 0 Å². The van der Waals surface area contributed by atoms with Crippen LogP contribution in [-0.4, -0.2) is 34.5 Å². The number of ether oxygens (including phenoxy) is 2. The lowest BCUT2D eigenvalue weighted by Crippen LogP contribution is -2.34. The summed E-state index contributed by atoms with van der Waals surface area (Å²) in [6.07, 6.45) is -0.347. The molecular formula is C43H41N3O5S. The number of carbonyl (C=O) groups excluding carboxylic acids is 1. The van der Waals surface area contributed by atoms with Gasteiger partial charge in [0.1, 0.15) is 5.69 Å². The van der Waals surface area contributed by atoms with Crippen LogP contribution in [0.4, 0.5) is 4.79 Å². The molecule has 8 nitrogen and oxygen atoms in total. The Kier molecular flexibility index (Phi) is 11.4. The molecule has 2 amide bonds. The fourth-order valence-electron chi connectivity index (χ4n) is 6.30. The summed E-state index contributed by atoms with van der Waals surface area (Å²) in [7, 11) is 0. The summed E-state index contributed by atoms with van der Waals surface area (Å²) >= 11 is 1.54. The number of amides is 2. The lowest BCUT2D eigenvalue weighted by atomic mass is 9.98. The summed E-state index contributed by atoms with van der Waals surface area (Å²) in [5, 5.41) is 15.9. The number of hydrogen-bond donors (Lipinski definition) is 3. The molecule has 0 radical (unpaired) electrons. The molecule has 264 valence electrons. The second kappa shape index (κ2) is 16.9. The number of urea groups is 1. The van der Waals surface area contributed by atoms with Gasteiger partial charge in [-0.2, -0.15) is 0 Å². The van der Waals surface area contributed by atoms with Gasteiger partial charge in [-0.15, -0.1) is 0 Å². The summed E-state index contributed by atoms with van der Waals surface area (Å²) in [5.74, 6) is 1.35. The van der Waals surface area contributed by atoms with E-state index in [1.54, 1.807) is 0 Å². The Bertz CT molecular complexity index is 2000. The van der Waals surface area contributed by atoms with Crippen molar-refractivity contribution in [3.05, 3.63) is 156 Å². The maximum Gasteiger partial charge on any atom is 0.315 e. The van der Waals surface area contributed by atoms with Crippen molar-refractivity contribution >= 4 is 17.8 Å². The molecule has 52 heavy (non-hydrogen) atoms. The van der Waals surface area contributed by atoms with Crippen LogP contribution in [-0.2, 0) is 22.6 Å². The van der Waals surface area contributed by atoms with E-state index in [2.05, 4.69) is 28.8 Å². The number of aliphatic hydroxyl groups is 1. The molecule has 0 aliphatic carbocycles. The SMILES string of the molecule is CCNC(=O)NCc1ccccc1-c1ccc(C2OC(CSc3nc(-c4ccccc4)c(-c4ccccc4)o3)CC(c3ccc(CO)cc3)O2)cc1. The summed E-state index contributed by atoms with van der Waals surface area (Å²) in [6.45, 7) is 2.86. The third kappa shape index (κ3) is 8.46. The average molecular weight is 712 g/mol. The minimum atomic E-state index is -0.602. The Hall–Kier alpha value is -5.19. The summed E-state index contributed by atoms with van der Waals surface area (Å²) in [6, 6.07) is 44.2. The molecule has 6 aromatic rings. The molecule has 9 heteroatoms. The zero-order chi connectivity index (χ0) is 35.7. The van der Waals surface area contributed by atoms with Crippen molar-refractivity contribution in [2.24, 2.45) is 0 Å². The van der Waals surface area contributed by atoms with Gasteiger partial charge in [-0.25, -0.2) is 9.78 Å². The molecule has 3 N–H and O–H groups in total. The minimum absolute atomic E-state index is 0.0135. The van der Waals surface area contributed by atoms with Crippen molar-refractivity contribution in [3.8, 4) is 33.7 Å². The van der Waals surface area contributed by atoms with E-state index in [0.717, 1.165) is 56.0 Å². The van der Waals surface area contributed by atoms with Gasteiger partial charge in [-0.3, -0.25) is 0 Å². The largest absolute Gasteiger partial charge is 0.431 e. The predicted molar refractivity (Wildman–Crippen MR) is 204 cm³/mol. The predicted octanol–water partition coefficient (Wildman–Crippen LogP) is 9.32. The molecule has 5 aromatic carbocycles. The number of nitrogens with zero attached hydrogens (tertiary/aromatic N) is 1. The quantitative estimate of drug-likeness (QED) is 0.109. The number of benzene rings is 5. The van der Waals surface area contributed by atoms with Gasteiger partial charge in [0.15, 0.2) is 12.1 Å². The zero-order valence-corrected chi connectivity index (χ0v) is 29.7. The van der Waals surface area contributed by atoms with Crippen LogP contribution in [0.1, 0.15) is 48.0 Å². The Balaban J connectivity index is 1.12. The average Bonchev–Trinajstić information content (AvgIpc) is 3.65. The lowest BCUT2D eigenvalue weighted by Gasteiger charge is -2.36. The third-order valence-electron chi connectivity index (χ3n) is 8.99. The first-order valence-corrected chi connectivity index (χ1v) is 18.5. The fraction of sp³-hybridized carbons (Fsp3) is 0.209. The van der Waals surface area contributed by atoms with Crippen LogP contribution in [0.15, 0.2) is 143 Å². The first-order chi connectivity index (χ1) is 25.6. The highest BCUT2D eigenvalue weighted by Gasteiger charge is 2.33. The van der Waals surface area contributed by atoms with Gasteiger partial charge < -0.3 is 29.6 Å².